The number of halogens is 6. The third-order valence-corrected chi connectivity index (χ3v) is 5.27. The first kappa shape index (κ1) is 25.2. The number of nitrogens with zero attached hydrogens (tertiary/aromatic N) is 1. The maximum Gasteiger partial charge on any atom is 0.471 e. The largest absolute Gasteiger partial charge is 0.507 e. The summed E-state index contributed by atoms with van der Waals surface area (Å²) in [5.74, 6) is -3.81. The fourth-order valence-electron chi connectivity index (χ4n) is 3.42. The van der Waals surface area contributed by atoms with E-state index in [1.165, 1.54) is 12.1 Å². The van der Waals surface area contributed by atoms with Crippen LogP contribution < -0.4 is 9.64 Å². The summed E-state index contributed by atoms with van der Waals surface area (Å²) >= 11 is 0. The van der Waals surface area contributed by atoms with E-state index in [2.05, 4.69) is 0 Å². The van der Waals surface area contributed by atoms with Crippen molar-refractivity contribution in [1.82, 2.24) is 0 Å². The Labute approximate surface area is 189 Å². The van der Waals surface area contributed by atoms with E-state index in [4.69, 9.17) is 9.47 Å². The summed E-state index contributed by atoms with van der Waals surface area (Å²) in [6.45, 7) is 1.85. The van der Waals surface area contributed by atoms with Crippen molar-refractivity contribution in [3.8, 4) is 11.5 Å². The lowest BCUT2D eigenvalue weighted by molar-refractivity contribution is -0.170. The number of aromatic hydroxyl groups is 1. The number of benzene rings is 2. The molecule has 2 aromatic carbocycles. The molecule has 34 heavy (non-hydrogen) atoms. The van der Waals surface area contributed by atoms with Gasteiger partial charge >= 0.3 is 24.2 Å². The number of rotatable bonds is 5. The molecule has 1 heterocycles. The lowest BCUT2D eigenvalue weighted by Crippen LogP contribution is -2.41. The molecular weight excluding hydrogens is 472 g/mol. The summed E-state index contributed by atoms with van der Waals surface area (Å²) in [4.78, 5) is 24.1. The summed E-state index contributed by atoms with van der Waals surface area (Å²) in [5, 5.41) is 9.94. The van der Waals surface area contributed by atoms with Gasteiger partial charge in [0.1, 0.15) is 18.1 Å². The highest BCUT2D eigenvalue weighted by Crippen LogP contribution is 2.41. The Morgan fingerprint density at radius 2 is 1.82 bits per heavy atom. The van der Waals surface area contributed by atoms with Gasteiger partial charge in [-0.05, 0) is 36.2 Å². The van der Waals surface area contributed by atoms with Crippen molar-refractivity contribution in [3.63, 3.8) is 0 Å². The molecule has 1 atom stereocenters. The van der Waals surface area contributed by atoms with E-state index in [-0.39, 0.29) is 35.6 Å². The molecule has 1 amide bonds. The third kappa shape index (κ3) is 5.05. The van der Waals surface area contributed by atoms with Crippen molar-refractivity contribution in [2.75, 3.05) is 11.5 Å². The van der Waals surface area contributed by atoms with E-state index in [0.29, 0.717) is 16.5 Å². The molecule has 0 saturated heterocycles. The van der Waals surface area contributed by atoms with Crippen LogP contribution in [0.5, 0.6) is 11.5 Å². The monoisotopic (exact) mass is 491 g/mol. The van der Waals surface area contributed by atoms with Crippen molar-refractivity contribution < 1.29 is 50.5 Å². The first-order valence-electron chi connectivity index (χ1n) is 9.97. The van der Waals surface area contributed by atoms with E-state index in [0.717, 1.165) is 19.1 Å². The van der Waals surface area contributed by atoms with Gasteiger partial charge in [0.2, 0.25) is 0 Å². The zero-order valence-electron chi connectivity index (χ0n) is 17.9. The van der Waals surface area contributed by atoms with Crippen LogP contribution in [0.15, 0.2) is 30.3 Å². The molecule has 1 N–H and O–H groups in total. The maximum atomic E-state index is 13.3. The maximum absolute atomic E-state index is 13.3. The van der Waals surface area contributed by atoms with Crippen LogP contribution in [0.1, 0.15) is 41.7 Å². The zero-order valence-corrected chi connectivity index (χ0v) is 17.9. The minimum atomic E-state index is -5.29. The Morgan fingerprint density at radius 3 is 2.41 bits per heavy atom. The summed E-state index contributed by atoms with van der Waals surface area (Å²) in [6, 6.07) is 5.12. The van der Waals surface area contributed by atoms with Crippen LogP contribution in [0, 0.1) is 6.92 Å². The van der Waals surface area contributed by atoms with Gasteiger partial charge in [-0.3, -0.25) is 9.59 Å². The molecule has 0 radical (unpaired) electrons. The second-order valence-corrected chi connectivity index (χ2v) is 7.50. The van der Waals surface area contributed by atoms with Gasteiger partial charge in [0.05, 0.1) is 12.1 Å². The fourth-order valence-corrected chi connectivity index (χ4v) is 3.42. The number of anilines is 1. The Balaban J connectivity index is 1.99. The molecule has 12 heteroatoms. The van der Waals surface area contributed by atoms with Gasteiger partial charge < -0.3 is 19.5 Å². The molecule has 0 aliphatic carbocycles. The van der Waals surface area contributed by atoms with Gasteiger partial charge in [0.25, 0.3) is 0 Å². The summed E-state index contributed by atoms with van der Waals surface area (Å²) in [5.41, 5.74) is -1.64. The van der Waals surface area contributed by atoms with E-state index in [9.17, 15) is 41.0 Å². The molecule has 2 aromatic rings. The topological polar surface area (TPSA) is 76.1 Å². The van der Waals surface area contributed by atoms with Crippen LogP contribution in [-0.4, -0.2) is 29.8 Å². The van der Waals surface area contributed by atoms with E-state index < -0.39 is 48.2 Å². The second kappa shape index (κ2) is 9.07. The number of hydrogen-bond acceptors (Lipinski definition) is 5. The molecule has 0 bridgehead atoms. The standard InChI is InChI=1S/C22H19F6NO5/c1-3-18(30)34-17-10-33-16-8-13(5-6-14(16)17)29(20(32)22(26,27)28)9-12-4-7-15(21(23,24)25)19(31)11(12)2/h4-8,17,31H,3,9-10H2,1-2H3/t17-/m1/s1. The van der Waals surface area contributed by atoms with Gasteiger partial charge in [0.15, 0.2) is 6.10 Å². The Morgan fingerprint density at radius 1 is 1.15 bits per heavy atom. The molecule has 6 nitrogen and oxygen atoms in total. The molecule has 1 aliphatic heterocycles. The molecule has 1 aliphatic rings. The predicted octanol–water partition coefficient (Wildman–Crippen LogP) is 5.20. The van der Waals surface area contributed by atoms with Crippen LogP contribution in [-0.2, 0) is 27.0 Å². The SMILES string of the molecule is CCC(=O)O[C@@H]1COc2cc(N(Cc3ccc(C(F)(F)F)c(O)c3C)C(=O)C(F)(F)F)ccc21. The number of ether oxygens (including phenoxy) is 2. The second-order valence-electron chi connectivity index (χ2n) is 7.50. The molecule has 0 saturated carbocycles. The number of esters is 1. The van der Waals surface area contributed by atoms with Crippen molar-refractivity contribution in [3.05, 3.63) is 52.6 Å². The van der Waals surface area contributed by atoms with Crippen molar-refractivity contribution in [1.29, 1.82) is 0 Å². The van der Waals surface area contributed by atoms with Gasteiger partial charge in [-0.25, -0.2) is 0 Å². The quantitative estimate of drug-likeness (QED) is 0.460. The highest BCUT2D eigenvalue weighted by molar-refractivity contribution is 5.97. The van der Waals surface area contributed by atoms with Crippen LogP contribution in [0.2, 0.25) is 0 Å². The van der Waals surface area contributed by atoms with Crippen LogP contribution in [0.3, 0.4) is 0 Å². The predicted molar refractivity (Wildman–Crippen MR) is 106 cm³/mol. The molecule has 3 rings (SSSR count). The summed E-state index contributed by atoms with van der Waals surface area (Å²) < 4.78 is 89.6. The Hall–Kier alpha value is -3.44. The number of carbonyl (C=O) groups is 2. The average Bonchev–Trinajstić information content (AvgIpc) is 3.14. The van der Waals surface area contributed by atoms with E-state index >= 15 is 0 Å². The summed E-state index contributed by atoms with van der Waals surface area (Å²) in [7, 11) is 0. The van der Waals surface area contributed by atoms with Gasteiger partial charge in [-0.2, -0.15) is 26.3 Å². The number of carbonyl (C=O) groups excluding carboxylic acids is 2. The van der Waals surface area contributed by atoms with Gasteiger partial charge in [-0.1, -0.05) is 13.0 Å². The normalized spacial score (nSPS) is 15.5. The van der Waals surface area contributed by atoms with E-state index in [1.54, 1.807) is 6.92 Å². The lowest BCUT2D eigenvalue weighted by atomic mass is 10.0. The minimum Gasteiger partial charge on any atom is -0.507 e. The van der Waals surface area contributed by atoms with E-state index in [1.807, 2.05) is 0 Å². The minimum absolute atomic E-state index is 0.0658. The first-order valence-corrected chi connectivity index (χ1v) is 9.97. The van der Waals surface area contributed by atoms with Crippen molar-refractivity contribution in [2.24, 2.45) is 0 Å². The molecule has 0 unspecified atom stereocenters. The average molecular weight is 491 g/mol. The Bertz CT molecular complexity index is 1110. The first-order chi connectivity index (χ1) is 15.7. The van der Waals surface area contributed by atoms with Crippen molar-refractivity contribution in [2.45, 2.75) is 45.3 Å². The molecule has 0 aromatic heterocycles. The number of alkyl halides is 6. The van der Waals surface area contributed by atoms with Crippen LogP contribution in [0.4, 0.5) is 32.0 Å². The smallest absolute Gasteiger partial charge is 0.471 e. The highest BCUT2D eigenvalue weighted by atomic mass is 19.4. The third-order valence-electron chi connectivity index (χ3n) is 5.27. The lowest BCUT2D eigenvalue weighted by Gasteiger charge is -2.26. The highest BCUT2D eigenvalue weighted by Gasteiger charge is 2.44. The summed E-state index contributed by atoms with van der Waals surface area (Å²) in [6.07, 6.45) is -10.8. The fraction of sp³-hybridized carbons (Fsp3) is 0.364. The van der Waals surface area contributed by atoms with Crippen LogP contribution in [0.25, 0.3) is 0 Å². The number of amides is 1. The number of phenols is 1. The molecule has 0 spiro atoms. The zero-order chi connectivity index (χ0) is 25.4. The Kier molecular flexibility index (Phi) is 6.72. The van der Waals surface area contributed by atoms with Gasteiger partial charge in [0, 0.05) is 23.7 Å². The van der Waals surface area contributed by atoms with Gasteiger partial charge in [-0.15, -0.1) is 0 Å². The van der Waals surface area contributed by atoms with Crippen molar-refractivity contribution >= 4 is 17.6 Å². The molecular formula is C22H19F6NO5. The molecule has 184 valence electrons. The number of fused-ring (bicyclic) bond motifs is 1. The van der Waals surface area contributed by atoms with Crippen LogP contribution >= 0.6 is 0 Å². The number of phenolic OH excluding ortho intramolecular Hbond substituents is 1. The number of hydrogen-bond donors (Lipinski definition) is 1. The molecule has 0 fully saturated rings.